The molecule has 2 aromatic heterocycles. The number of hydrogen-bond acceptors (Lipinski definition) is 5. The summed E-state index contributed by atoms with van der Waals surface area (Å²) in [5, 5.41) is 0.617. The van der Waals surface area contributed by atoms with E-state index in [1.165, 1.54) is 24.5 Å². The maximum Gasteiger partial charge on any atom is 0.330 e. The minimum absolute atomic E-state index is 0.0364. The van der Waals surface area contributed by atoms with Crippen LogP contribution in [0.2, 0.25) is 0 Å². The van der Waals surface area contributed by atoms with Crippen molar-refractivity contribution in [2.75, 3.05) is 10.5 Å². The van der Waals surface area contributed by atoms with Gasteiger partial charge in [0, 0.05) is 17.3 Å². The second kappa shape index (κ2) is 11.1. The van der Waals surface area contributed by atoms with Crippen molar-refractivity contribution in [2.45, 2.75) is 33.1 Å². The molecule has 2 heterocycles. The average Bonchev–Trinajstić information content (AvgIpc) is 3.30. The van der Waals surface area contributed by atoms with Crippen LogP contribution in [-0.4, -0.2) is 15.0 Å². The van der Waals surface area contributed by atoms with E-state index < -0.39 is 22.6 Å². The molecule has 0 fully saturated rings. The predicted molar refractivity (Wildman–Crippen MR) is 128 cm³/mol. The van der Waals surface area contributed by atoms with Gasteiger partial charge in [-0.25, -0.2) is 13.6 Å². The lowest BCUT2D eigenvalue weighted by molar-refractivity contribution is 0.244. The Bertz CT molecular complexity index is 1290. The fourth-order valence-corrected chi connectivity index (χ4v) is 3.67. The molecule has 2 aromatic carbocycles. The number of fused-ring (bicyclic) bond motifs is 1. The van der Waals surface area contributed by atoms with E-state index in [-0.39, 0.29) is 23.9 Å². The van der Waals surface area contributed by atoms with Crippen molar-refractivity contribution >= 4 is 33.5 Å². The Hall–Kier alpha value is -3.53. The molecule has 6 nitrogen and oxygen atoms in total. The Morgan fingerprint density at radius 2 is 1.88 bits per heavy atom. The van der Waals surface area contributed by atoms with Gasteiger partial charge in [0.15, 0.2) is 11.0 Å². The summed E-state index contributed by atoms with van der Waals surface area (Å²) in [4.78, 5) is 4.17. The molecular formula is C24H24F3N3O3S. The molecule has 0 saturated heterocycles. The van der Waals surface area contributed by atoms with Crippen LogP contribution in [0.1, 0.15) is 25.0 Å². The number of hydrogen-bond donors (Lipinski definition) is 2. The fraction of sp³-hybridized carbons (Fsp3) is 0.208. The highest BCUT2D eigenvalue weighted by atomic mass is 32.2. The summed E-state index contributed by atoms with van der Waals surface area (Å²) in [6.07, 6.45) is 3.13. The molecule has 0 amide bonds. The van der Waals surface area contributed by atoms with Crippen LogP contribution in [0.4, 0.5) is 24.7 Å². The number of nitrogen functional groups attached to an aromatic ring is 1. The second-order valence-electron chi connectivity index (χ2n) is 6.97. The van der Waals surface area contributed by atoms with Gasteiger partial charge in [0.25, 0.3) is 0 Å². The van der Waals surface area contributed by atoms with Crippen molar-refractivity contribution < 1.29 is 26.5 Å². The zero-order valence-electron chi connectivity index (χ0n) is 18.8. The zero-order chi connectivity index (χ0) is 24.8. The highest BCUT2D eigenvalue weighted by Crippen LogP contribution is 2.38. The lowest BCUT2D eigenvalue weighted by Crippen LogP contribution is -2.13. The van der Waals surface area contributed by atoms with Gasteiger partial charge in [-0.3, -0.25) is 4.72 Å². The molecule has 1 atom stereocenters. The smallest absolute Gasteiger partial charge is 0.330 e. The first-order valence-corrected chi connectivity index (χ1v) is 11.6. The van der Waals surface area contributed by atoms with E-state index in [4.69, 9.17) is 14.9 Å². The first kappa shape index (κ1) is 25.1. The van der Waals surface area contributed by atoms with Crippen molar-refractivity contribution in [1.82, 2.24) is 4.98 Å². The van der Waals surface area contributed by atoms with Crippen molar-refractivity contribution in [1.29, 1.82) is 0 Å². The summed E-state index contributed by atoms with van der Waals surface area (Å²) < 4.78 is 64.2. The highest BCUT2D eigenvalue weighted by molar-refractivity contribution is 7.86. The maximum absolute atomic E-state index is 13.2. The number of rotatable bonds is 7. The molecule has 4 rings (SSSR count). The number of aromatic nitrogens is 1. The molecule has 0 radical (unpaired) electrons. The van der Waals surface area contributed by atoms with E-state index in [1.54, 1.807) is 30.5 Å². The second-order valence-corrected chi connectivity index (χ2v) is 8.12. The van der Waals surface area contributed by atoms with Crippen LogP contribution in [0.25, 0.3) is 22.1 Å². The van der Waals surface area contributed by atoms with E-state index in [1.807, 2.05) is 20.8 Å². The fourth-order valence-electron chi connectivity index (χ4n) is 3.19. The van der Waals surface area contributed by atoms with Gasteiger partial charge in [0.05, 0.1) is 17.3 Å². The number of furan rings is 1. The van der Waals surface area contributed by atoms with Gasteiger partial charge in [-0.1, -0.05) is 32.0 Å². The molecule has 0 aliphatic heterocycles. The average molecular weight is 492 g/mol. The van der Waals surface area contributed by atoms with Crippen LogP contribution in [0, 0.1) is 12.7 Å². The van der Waals surface area contributed by atoms with Crippen LogP contribution < -0.4 is 15.2 Å². The Morgan fingerprint density at radius 1 is 1.18 bits per heavy atom. The summed E-state index contributed by atoms with van der Waals surface area (Å²) in [6, 6.07) is 10.4. The van der Waals surface area contributed by atoms with E-state index in [0.717, 1.165) is 5.56 Å². The van der Waals surface area contributed by atoms with Crippen LogP contribution in [0.15, 0.2) is 59.3 Å². The summed E-state index contributed by atoms with van der Waals surface area (Å²) in [7, 11) is -2.62. The van der Waals surface area contributed by atoms with Gasteiger partial charge in [-0.2, -0.15) is 8.78 Å². The number of halogens is 3. The minimum atomic E-state index is -3.08. The van der Waals surface area contributed by atoms with Gasteiger partial charge in [0.2, 0.25) is 0 Å². The standard InChI is InChI=1S/C22H18F3N3O3S.C2H6/c1-12-9-27-21(26)19-16(11-31-20(12)19)14-4-7-17(28-32(29)22(24)25)18(8-14)30-10-13-2-5-15(23)6-3-13;1-2/h2-9,11,22,28H,10H2,1H3,(H2,26,27);1-2H3. The molecule has 10 heteroatoms. The summed E-state index contributed by atoms with van der Waals surface area (Å²) >= 11 is 0. The zero-order valence-corrected chi connectivity index (χ0v) is 19.6. The van der Waals surface area contributed by atoms with Gasteiger partial charge < -0.3 is 14.9 Å². The van der Waals surface area contributed by atoms with Gasteiger partial charge in [0.1, 0.15) is 29.6 Å². The quantitative estimate of drug-likeness (QED) is 0.311. The van der Waals surface area contributed by atoms with Crippen molar-refractivity contribution in [3.8, 4) is 16.9 Å². The largest absolute Gasteiger partial charge is 0.487 e. The third-order valence-electron chi connectivity index (χ3n) is 4.78. The molecule has 0 saturated carbocycles. The molecule has 4 aromatic rings. The molecule has 0 aliphatic carbocycles. The van der Waals surface area contributed by atoms with Crippen LogP contribution in [0.5, 0.6) is 5.75 Å². The number of pyridine rings is 1. The van der Waals surface area contributed by atoms with Gasteiger partial charge >= 0.3 is 5.76 Å². The van der Waals surface area contributed by atoms with Crippen LogP contribution >= 0.6 is 0 Å². The van der Waals surface area contributed by atoms with Gasteiger partial charge in [-0.05, 0) is 42.3 Å². The molecular weight excluding hydrogens is 467 g/mol. The predicted octanol–water partition coefficient (Wildman–Crippen LogP) is 6.43. The van der Waals surface area contributed by atoms with Crippen molar-refractivity contribution in [2.24, 2.45) is 0 Å². The maximum atomic E-state index is 13.2. The van der Waals surface area contributed by atoms with Crippen molar-refractivity contribution in [3.05, 3.63) is 71.9 Å². The molecule has 0 spiro atoms. The van der Waals surface area contributed by atoms with Crippen LogP contribution in [0.3, 0.4) is 0 Å². The summed E-state index contributed by atoms with van der Waals surface area (Å²) in [6.45, 7) is 5.88. The van der Waals surface area contributed by atoms with Gasteiger partial charge in [-0.15, -0.1) is 0 Å². The van der Waals surface area contributed by atoms with E-state index in [0.29, 0.717) is 27.7 Å². The topological polar surface area (TPSA) is 90.4 Å². The number of aryl methyl sites for hydroxylation is 1. The number of nitrogens with two attached hydrogens (primary N) is 1. The molecule has 180 valence electrons. The van der Waals surface area contributed by atoms with E-state index in [2.05, 4.69) is 9.71 Å². The Morgan fingerprint density at radius 3 is 2.56 bits per heavy atom. The number of nitrogens with one attached hydrogen (secondary N) is 1. The van der Waals surface area contributed by atoms with Crippen LogP contribution in [-0.2, 0) is 17.6 Å². The Labute approximate surface area is 197 Å². The van der Waals surface area contributed by atoms with E-state index in [9.17, 15) is 17.4 Å². The first-order valence-electron chi connectivity index (χ1n) is 10.4. The lowest BCUT2D eigenvalue weighted by atomic mass is 10.0. The SMILES string of the molecule is CC.Cc1cnc(N)c2c(-c3ccc(NS(=O)C(F)F)c(OCc4ccc(F)cc4)c3)coc12. The molecule has 1 unspecified atom stereocenters. The third-order valence-corrected chi connectivity index (χ3v) is 5.52. The Kier molecular flexibility index (Phi) is 8.17. The first-order chi connectivity index (χ1) is 16.3. The lowest BCUT2D eigenvalue weighted by Gasteiger charge is -2.14. The normalized spacial score (nSPS) is 11.7. The molecule has 34 heavy (non-hydrogen) atoms. The summed E-state index contributed by atoms with van der Waals surface area (Å²) in [5.74, 6) is -3.01. The van der Waals surface area contributed by atoms with E-state index >= 15 is 0 Å². The Balaban J connectivity index is 0.00000158. The molecule has 0 aliphatic rings. The van der Waals surface area contributed by atoms with Crippen molar-refractivity contribution in [3.63, 3.8) is 0 Å². The number of alkyl halides is 2. The third kappa shape index (κ3) is 5.51. The number of nitrogens with zero attached hydrogens (tertiary/aromatic N) is 1. The number of ether oxygens (including phenoxy) is 1. The number of anilines is 2. The number of benzene rings is 2. The monoisotopic (exact) mass is 491 g/mol. The summed E-state index contributed by atoms with van der Waals surface area (Å²) in [5.41, 5.74) is 9.49. The minimum Gasteiger partial charge on any atom is -0.487 e. The molecule has 0 bridgehead atoms. The highest BCUT2D eigenvalue weighted by Gasteiger charge is 2.19. The molecule has 3 N–H and O–H groups in total.